The van der Waals surface area contributed by atoms with E-state index in [1.807, 2.05) is 61.5 Å². The van der Waals surface area contributed by atoms with Gasteiger partial charge in [0.2, 0.25) is 0 Å². The first kappa shape index (κ1) is 13.3. The summed E-state index contributed by atoms with van der Waals surface area (Å²) in [6.45, 7) is 4.06. The van der Waals surface area contributed by atoms with Crippen LogP contribution in [0.2, 0.25) is 0 Å². The average molecular weight is 257 g/mol. The van der Waals surface area contributed by atoms with Crippen molar-refractivity contribution in [2.24, 2.45) is 0 Å². The second-order valence-electron chi connectivity index (χ2n) is 4.05. The van der Waals surface area contributed by atoms with Crippen molar-refractivity contribution in [3.05, 3.63) is 54.6 Å². The summed E-state index contributed by atoms with van der Waals surface area (Å²) in [6.07, 6.45) is 0. The molecule has 0 spiro atoms. The van der Waals surface area contributed by atoms with Gasteiger partial charge < -0.3 is 14.8 Å². The van der Waals surface area contributed by atoms with E-state index in [9.17, 15) is 0 Å². The predicted molar refractivity (Wildman–Crippen MR) is 78.0 cm³/mol. The van der Waals surface area contributed by atoms with Gasteiger partial charge >= 0.3 is 0 Å². The fraction of sp³-hybridized carbons (Fsp3) is 0.250. The van der Waals surface area contributed by atoms with Crippen molar-refractivity contribution in [2.45, 2.75) is 6.92 Å². The van der Waals surface area contributed by atoms with Crippen LogP contribution >= 0.6 is 0 Å². The molecule has 0 aromatic heterocycles. The van der Waals surface area contributed by atoms with Crippen molar-refractivity contribution in [3.8, 4) is 11.5 Å². The highest BCUT2D eigenvalue weighted by Crippen LogP contribution is 2.17. The Morgan fingerprint density at radius 1 is 0.842 bits per heavy atom. The molecule has 0 bridgehead atoms. The standard InChI is InChI=1S/C16H19NO2/c1-2-18-15-8-10-16(11-9-15)19-13-12-17-14-6-4-3-5-7-14/h3-11,17H,2,12-13H2,1H3. The largest absolute Gasteiger partial charge is 0.494 e. The molecule has 3 heteroatoms. The Kier molecular flexibility index (Phi) is 5.11. The van der Waals surface area contributed by atoms with Crippen molar-refractivity contribution in [3.63, 3.8) is 0 Å². The zero-order valence-electron chi connectivity index (χ0n) is 11.1. The highest BCUT2D eigenvalue weighted by molar-refractivity contribution is 5.42. The van der Waals surface area contributed by atoms with Gasteiger partial charge in [-0.3, -0.25) is 0 Å². The predicted octanol–water partition coefficient (Wildman–Crippen LogP) is 3.58. The normalized spacial score (nSPS) is 9.95. The molecule has 0 aliphatic carbocycles. The maximum Gasteiger partial charge on any atom is 0.119 e. The number of nitrogens with one attached hydrogen (secondary N) is 1. The van der Waals surface area contributed by atoms with Gasteiger partial charge in [-0.15, -0.1) is 0 Å². The highest BCUT2D eigenvalue weighted by atomic mass is 16.5. The lowest BCUT2D eigenvalue weighted by molar-refractivity contribution is 0.326. The van der Waals surface area contributed by atoms with E-state index in [-0.39, 0.29) is 0 Å². The second-order valence-corrected chi connectivity index (χ2v) is 4.05. The quantitative estimate of drug-likeness (QED) is 0.769. The molecule has 0 fully saturated rings. The Morgan fingerprint density at radius 2 is 1.47 bits per heavy atom. The number of benzene rings is 2. The minimum absolute atomic E-state index is 0.628. The van der Waals surface area contributed by atoms with Crippen molar-refractivity contribution in [1.82, 2.24) is 0 Å². The van der Waals surface area contributed by atoms with E-state index in [4.69, 9.17) is 9.47 Å². The van der Waals surface area contributed by atoms with Gasteiger partial charge in [0.05, 0.1) is 6.61 Å². The van der Waals surface area contributed by atoms with E-state index in [0.717, 1.165) is 23.7 Å². The number of ether oxygens (including phenoxy) is 2. The first-order valence-corrected chi connectivity index (χ1v) is 6.53. The number of hydrogen-bond donors (Lipinski definition) is 1. The van der Waals surface area contributed by atoms with Gasteiger partial charge in [0.15, 0.2) is 0 Å². The van der Waals surface area contributed by atoms with Crippen molar-refractivity contribution in [2.75, 3.05) is 25.1 Å². The summed E-state index contributed by atoms with van der Waals surface area (Å²) in [5.41, 5.74) is 1.11. The van der Waals surface area contributed by atoms with E-state index in [1.54, 1.807) is 0 Å². The third-order valence-corrected chi connectivity index (χ3v) is 2.61. The second kappa shape index (κ2) is 7.31. The lowest BCUT2D eigenvalue weighted by atomic mass is 10.3. The number of anilines is 1. The van der Waals surface area contributed by atoms with Crippen LogP contribution < -0.4 is 14.8 Å². The molecule has 19 heavy (non-hydrogen) atoms. The van der Waals surface area contributed by atoms with Gasteiger partial charge in [-0.2, -0.15) is 0 Å². The van der Waals surface area contributed by atoms with Gasteiger partial charge in [0.25, 0.3) is 0 Å². The molecule has 0 saturated heterocycles. The third-order valence-electron chi connectivity index (χ3n) is 2.61. The van der Waals surface area contributed by atoms with E-state index in [2.05, 4.69) is 5.32 Å². The van der Waals surface area contributed by atoms with Crippen molar-refractivity contribution < 1.29 is 9.47 Å². The Hall–Kier alpha value is -2.16. The minimum Gasteiger partial charge on any atom is -0.494 e. The van der Waals surface area contributed by atoms with E-state index >= 15 is 0 Å². The molecule has 2 rings (SSSR count). The zero-order valence-corrected chi connectivity index (χ0v) is 11.1. The summed E-state index contributed by atoms with van der Waals surface area (Å²) >= 11 is 0. The molecule has 0 radical (unpaired) electrons. The van der Waals surface area contributed by atoms with Crippen LogP contribution in [0.4, 0.5) is 5.69 Å². The maximum atomic E-state index is 5.64. The molecule has 0 aliphatic rings. The monoisotopic (exact) mass is 257 g/mol. The van der Waals surface area contributed by atoms with Crippen molar-refractivity contribution in [1.29, 1.82) is 0 Å². The van der Waals surface area contributed by atoms with Crippen LogP contribution in [0, 0.1) is 0 Å². The molecule has 2 aromatic carbocycles. The smallest absolute Gasteiger partial charge is 0.119 e. The molecule has 0 atom stereocenters. The van der Waals surface area contributed by atoms with E-state index < -0.39 is 0 Å². The Bertz CT molecular complexity index is 468. The minimum atomic E-state index is 0.628. The summed E-state index contributed by atoms with van der Waals surface area (Å²) in [6, 6.07) is 17.8. The first-order chi connectivity index (χ1) is 9.38. The number of hydrogen-bond acceptors (Lipinski definition) is 3. The lowest BCUT2D eigenvalue weighted by Crippen LogP contribution is -2.11. The highest BCUT2D eigenvalue weighted by Gasteiger charge is 1.96. The van der Waals surface area contributed by atoms with Gasteiger partial charge in [0, 0.05) is 12.2 Å². The van der Waals surface area contributed by atoms with Crippen LogP contribution in [0.3, 0.4) is 0 Å². The van der Waals surface area contributed by atoms with Crippen LogP contribution in [0.25, 0.3) is 0 Å². The Balaban J connectivity index is 1.70. The number of para-hydroxylation sites is 1. The summed E-state index contributed by atoms with van der Waals surface area (Å²) in [5.74, 6) is 1.73. The molecular formula is C16H19NO2. The van der Waals surface area contributed by atoms with E-state index in [1.165, 1.54) is 0 Å². The maximum absolute atomic E-state index is 5.64. The van der Waals surface area contributed by atoms with Gasteiger partial charge in [-0.05, 0) is 43.3 Å². The average Bonchev–Trinajstić information content (AvgIpc) is 2.47. The molecule has 0 aliphatic heterocycles. The summed E-state index contributed by atoms with van der Waals surface area (Å²) in [7, 11) is 0. The van der Waals surface area contributed by atoms with Gasteiger partial charge in [-0.25, -0.2) is 0 Å². The molecule has 3 nitrogen and oxygen atoms in total. The molecule has 0 amide bonds. The SMILES string of the molecule is CCOc1ccc(OCCNc2ccccc2)cc1. The van der Waals surface area contributed by atoms with Crippen LogP contribution in [-0.4, -0.2) is 19.8 Å². The molecule has 0 saturated carbocycles. The summed E-state index contributed by atoms with van der Waals surface area (Å²) in [4.78, 5) is 0. The lowest BCUT2D eigenvalue weighted by Gasteiger charge is -2.09. The van der Waals surface area contributed by atoms with Crippen LogP contribution in [-0.2, 0) is 0 Å². The Morgan fingerprint density at radius 3 is 2.11 bits per heavy atom. The van der Waals surface area contributed by atoms with Crippen molar-refractivity contribution >= 4 is 5.69 Å². The third kappa shape index (κ3) is 4.54. The first-order valence-electron chi connectivity index (χ1n) is 6.53. The summed E-state index contributed by atoms with van der Waals surface area (Å²) in [5, 5.41) is 3.30. The number of rotatable bonds is 7. The molecule has 1 N–H and O–H groups in total. The van der Waals surface area contributed by atoms with Gasteiger partial charge in [0.1, 0.15) is 18.1 Å². The van der Waals surface area contributed by atoms with Crippen LogP contribution in [0.5, 0.6) is 11.5 Å². The molecule has 0 unspecified atom stereocenters. The molecular weight excluding hydrogens is 238 g/mol. The summed E-state index contributed by atoms with van der Waals surface area (Å²) < 4.78 is 11.0. The molecule has 0 heterocycles. The fourth-order valence-electron chi connectivity index (χ4n) is 1.72. The van der Waals surface area contributed by atoms with Crippen LogP contribution in [0.1, 0.15) is 6.92 Å². The topological polar surface area (TPSA) is 30.5 Å². The fourth-order valence-corrected chi connectivity index (χ4v) is 1.72. The molecule has 100 valence electrons. The van der Waals surface area contributed by atoms with Gasteiger partial charge in [-0.1, -0.05) is 18.2 Å². The Labute approximate surface area is 114 Å². The van der Waals surface area contributed by atoms with E-state index in [0.29, 0.717) is 13.2 Å². The molecule has 2 aromatic rings. The van der Waals surface area contributed by atoms with Crippen LogP contribution in [0.15, 0.2) is 54.6 Å². The zero-order chi connectivity index (χ0) is 13.3.